The van der Waals surface area contributed by atoms with Crippen molar-refractivity contribution in [1.29, 1.82) is 0 Å². The average molecular weight is 416 g/mol. The first-order chi connectivity index (χ1) is 9.37. The van der Waals surface area contributed by atoms with Crippen LogP contribution in [0.3, 0.4) is 0 Å². The number of hydrogen-bond donors (Lipinski definition) is 3. The van der Waals surface area contributed by atoms with E-state index in [4.69, 9.17) is 8.92 Å². The second-order valence-corrected chi connectivity index (χ2v) is 6.00. The Kier molecular flexibility index (Phi) is 4.92. The number of rotatable bonds is 4. The van der Waals surface area contributed by atoms with Gasteiger partial charge in [-0.2, -0.15) is 0 Å². The normalized spacial score (nSPS) is 33.5. The minimum Gasteiger partial charge on any atom is -0.387 e. The predicted molar refractivity (Wildman–Crippen MR) is 79.4 cm³/mol. The van der Waals surface area contributed by atoms with Gasteiger partial charge in [-0.05, 0) is 6.92 Å². The number of halogens is 1. The van der Waals surface area contributed by atoms with Gasteiger partial charge in [-0.1, -0.05) is 0 Å². The third-order valence-electron chi connectivity index (χ3n) is 3.14. The van der Waals surface area contributed by atoms with Gasteiger partial charge in [-0.3, -0.25) is 14.3 Å². The summed E-state index contributed by atoms with van der Waals surface area (Å²) >= 11 is 1.92. The summed E-state index contributed by atoms with van der Waals surface area (Å²) in [5.74, 6) is 0. The first kappa shape index (κ1) is 16.0. The van der Waals surface area contributed by atoms with Gasteiger partial charge in [0.05, 0.1) is 15.8 Å². The van der Waals surface area contributed by atoms with Crippen LogP contribution in [0.4, 0.5) is 0 Å². The first-order valence-electron chi connectivity index (χ1n) is 5.65. The summed E-state index contributed by atoms with van der Waals surface area (Å²) in [4.78, 5) is 24.9. The molecule has 1 aliphatic rings. The van der Waals surface area contributed by atoms with Crippen molar-refractivity contribution in [2.75, 3.05) is 6.61 Å². The van der Waals surface area contributed by atoms with Crippen molar-refractivity contribution >= 4 is 30.4 Å². The number of nitrogens with one attached hydrogen (secondary N) is 1. The van der Waals surface area contributed by atoms with E-state index in [1.807, 2.05) is 21.2 Å². The fourth-order valence-corrected chi connectivity index (χ4v) is 2.71. The standard InChI is InChI=1S/C10H13IN2O6S/c1-10(17)7(15)5(4-18-20-11)19-8(10)13-3-2-6(14)12-9(13)16/h2-3,5,7-8,15,17H,4H2,1H3,(H,12,14,16). The van der Waals surface area contributed by atoms with Crippen LogP contribution in [-0.2, 0) is 8.92 Å². The van der Waals surface area contributed by atoms with Crippen LogP contribution in [-0.4, -0.2) is 44.2 Å². The maximum atomic E-state index is 11.7. The zero-order chi connectivity index (χ0) is 14.9. The van der Waals surface area contributed by atoms with E-state index in [1.165, 1.54) is 13.1 Å². The third-order valence-corrected chi connectivity index (χ3v) is 4.12. The quantitative estimate of drug-likeness (QED) is 0.451. The fourth-order valence-electron chi connectivity index (χ4n) is 2.08. The van der Waals surface area contributed by atoms with Crippen LogP contribution < -0.4 is 11.2 Å². The van der Waals surface area contributed by atoms with Crippen molar-refractivity contribution in [2.45, 2.75) is 31.0 Å². The van der Waals surface area contributed by atoms with Crippen molar-refractivity contribution in [1.82, 2.24) is 9.55 Å². The van der Waals surface area contributed by atoms with E-state index < -0.39 is 35.3 Å². The van der Waals surface area contributed by atoms with E-state index in [0.29, 0.717) is 0 Å². The van der Waals surface area contributed by atoms with E-state index in [2.05, 4.69) is 4.98 Å². The van der Waals surface area contributed by atoms with Crippen LogP contribution in [0, 0.1) is 0 Å². The fraction of sp³-hybridized carbons (Fsp3) is 0.600. The molecule has 1 fully saturated rings. The van der Waals surface area contributed by atoms with E-state index >= 15 is 0 Å². The van der Waals surface area contributed by atoms with Crippen LogP contribution in [0.25, 0.3) is 0 Å². The Morgan fingerprint density at radius 3 is 2.95 bits per heavy atom. The molecule has 1 aromatic heterocycles. The molecule has 1 aromatic rings. The van der Waals surface area contributed by atoms with E-state index in [0.717, 1.165) is 19.8 Å². The molecule has 4 unspecified atom stereocenters. The number of aromatic nitrogens is 2. The van der Waals surface area contributed by atoms with Gasteiger partial charge in [0.2, 0.25) is 0 Å². The molecule has 0 bridgehead atoms. The lowest BCUT2D eigenvalue weighted by molar-refractivity contribution is -0.0982. The summed E-state index contributed by atoms with van der Waals surface area (Å²) < 4.78 is 11.6. The summed E-state index contributed by atoms with van der Waals surface area (Å²) in [5, 5.41) is 20.4. The van der Waals surface area contributed by atoms with Gasteiger partial charge < -0.3 is 19.1 Å². The number of H-pyrrole nitrogens is 1. The molecular formula is C10H13IN2O6S. The molecule has 0 aromatic carbocycles. The monoisotopic (exact) mass is 416 g/mol. The topological polar surface area (TPSA) is 114 Å². The number of nitrogens with zero attached hydrogens (tertiary/aromatic N) is 1. The van der Waals surface area contributed by atoms with Crippen molar-refractivity contribution in [3.63, 3.8) is 0 Å². The third kappa shape index (κ3) is 2.94. The zero-order valence-electron chi connectivity index (χ0n) is 10.4. The molecule has 0 aliphatic carbocycles. The molecule has 1 saturated heterocycles. The SMILES string of the molecule is CC1(O)C(O)C(COSI)OC1n1ccc(=O)[nH]c1=O. The molecule has 112 valence electrons. The summed E-state index contributed by atoms with van der Waals surface area (Å²) in [6.07, 6.45) is -1.91. The molecule has 1 aliphatic heterocycles. The highest BCUT2D eigenvalue weighted by Crippen LogP contribution is 2.37. The molecule has 0 spiro atoms. The summed E-state index contributed by atoms with van der Waals surface area (Å²) in [7, 11) is 1.07. The number of aliphatic hydroxyl groups excluding tert-OH is 1. The zero-order valence-corrected chi connectivity index (χ0v) is 13.3. The number of aromatic amines is 1. The average Bonchev–Trinajstić information content (AvgIpc) is 2.60. The van der Waals surface area contributed by atoms with Gasteiger partial charge in [0.1, 0.15) is 17.8 Å². The summed E-state index contributed by atoms with van der Waals surface area (Å²) in [6.45, 7) is 1.41. The molecule has 0 saturated carbocycles. The molecule has 20 heavy (non-hydrogen) atoms. The van der Waals surface area contributed by atoms with Crippen LogP contribution in [0.5, 0.6) is 0 Å². The summed E-state index contributed by atoms with van der Waals surface area (Å²) in [6, 6.07) is 1.14. The highest BCUT2D eigenvalue weighted by Gasteiger charge is 2.53. The molecule has 3 N–H and O–H groups in total. The number of aliphatic hydroxyl groups is 2. The Morgan fingerprint density at radius 1 is 1.65 bits per heavy atom. The summed E-state index contributed by atoms with van der Waals surface area (Å²) in [5.41, 5.74) is -2.96. The van der Waals surface area contributed by atoms with Gasteiger partial charge in [-0.15, -0.1) is 0 Å². The highest BCUT2D eigenvalue weighted by atomic mass is 127. The molecular weight excluding hydrogens is 403 g/mol. The highest BCUT2D eigenvalue weighted by molar-refractivity contribution is 14.2. The minimum atomic E-state index is -1.69. The largest absolute Gasteiger partial charge is 0.387 e. The Balaban J connectivity index is 2.32. The molecule has 4 atom stereocenters. The smallest absolute Gasteiger partial charge is 0.330 e. The van der Waals surface area contributed by atoms with Gasteiger partial charge in [0.15, 0.2) is 6.23 Å². The second-order valence-electron chi connectivity index (χ2n) is 4.56. The van der Waals surface area contributed by atoms with Crippen LogP contribution in [0.2, 0.25) is 0 Å². The lowest BCUT2D eigenvalue weighted by Crippen LogP contribution is -2.46. The number of hydrogen-bond acceptors (Lipinski definition) is 7. The maximum Gasteiger partial charge on any atom is 0.330 e. The van der Waals surface area contributed by atoms with Crippen molar-refractivity contribution in [3.05, 3.63) is 33.1 Å². The Bertz CT molecular complexity index is 588. The Hall–Kier alpha value is -0.400. The molecule has 0 radical (unpaired) electrons. The van der Waals surface area contributed by atoms with E-state index in [-0.39, 0.29) is 6.61 Å². The van der Waals surface area contributed by atoms with Crippen LogP contribution in [0.1, 0.15) is 13.2 Å². The van der Waals surface area contributed by atoms with E-state index in [9.17, 15) is 19.8 Å². The van der Waals surface area contributed by atoms with Gasteiger partial charge >= 0.3 is 5.69 Å². The molecule has 2 heterocycles. The van der Waals surface area contributed by atoms with Crippen molar-refractivity contribution in [3.8, 4) is 0 Å². The molecule has 2 rings (SSSR count). The predicted octanol–water partition coefficient (Wildman–Crippen LogP) is -0.439. The van der Waals surface area contributed by atoms with Crippen LogP contribution >= 0.6 is 30.4 Å². The van der Waals surface area contributed by atoms with Gasteiger partial charge in [0.25, 0.3) is 5.56 Å². The second kappa shape index (κ2) is 6.15. The lowest BCUT2D eigenvalue weighted by Gasteiger charge is -2.27. The van der Waals surface area contributed by atoms with Gasteiger partial charge in [0, 0.05) is 33.5 Å². The Labute approximate surface area is 129 Å². The Morgan fingerprint density at radius 2 is 2.35 bits per heavy atom. The van der Waals surface area contributed by atoms with Crippen LogP contribution in [0.15, 0.2) is 21.9 Å². The molecule has 0 amide bonds. The van der Waals surface area contributed by atoms with Gasteiger partial charge in [-0.25, -0.2) is 4.79 Å². The van der Waals surface area contributed by atoms with E-state index in [1.54, 1.807) is 0 Å². The van der Waals surface area contributed by atoms with Crippen molar-refractivity contribution < 1.29 is 19.1 Å². The number of ether oxygens (including phenoxy) is 1. The molecule has 10 heteroatoms. The lowest BCUT2D eigenvalue weighted by atomic mass is 9.96. The minimum absolute atomic E-state index is 0.0551. The first-order valence-corrected chi connectivity index (χ1v) is 8.94. The maximum absolute atomic E-state index is 11.7. The van der Waals surface area contributed by atoms with Crippen molar-refractivity contribution in [2.24, 2.45) is 0 Å². The molecule has 8 nitrogen and oxygen atoms in total.